The monoisotopic (exact) mass is 404 g/mol. The molecule has 0 bridgehead atoms. The van der Waals surface area contributed by atoms with Crippen LogP contribution in [0.3, 0.4) is 0 Å². The van der Waals surface area contributed by atoms with Crippen LogP contribution in [0.1, 0.15) is 11.6 Å². The van der Waals surface area contributed by atoms with Crippen molar-refractivity contribution in [1.29, 1.82) is 0 Å². The SMILES string of the molecule is O=C1[C@H]2[C@@H](ON(c3ccccc3)[C@H]2c2ccccc2O)C(=O)N1c1ccc(F)cc1. The summed E-state index contributed by atoms with van der Waals surface area (Å²) in [6.07, 6.45) is -1.05. The van der Waals surface area contributed by atoms with E-state index >= 15 is 0 Å². The zero-order chi connectivity index (χ0) is 20.8. The molecule has 0 spiro atoms. The predicted octanol–water partition coefficient (Wildman–Crippen LogP) is 3.58. The number of rotatable bonds is 3. The molecule has 2 aliphatic heterocycles. The molecule has 2 amide bonds. The molecule has 0 radical (unpaired) electrons. The smallest absolute Gasteiger partial charge is 0.266 e. The van der Waals surface area contributed by atoms with E-state index < -0.39 is 35.7 Å². The number of hydroxylamine groups is 1. The number of anilines is 2. The molecule has 2 fully saturated rings. The third-order valence-corrected chi connectivity index (χ3v) is 5.47. The van der Waals surface area contributed by atoms with Gasteiger partial charge in [-0.15, -0.1) is 0 Å². The molecular formula is C23H17FN2O4. The lowest BCUT2D eigenvalue weighted by atomic mass is 9.90. The minimum atomic E-state index is -1.05. The van der Waals surface area contributed by atoms with E-state index in [1.54, 1.807) is 30.3 Å². The van der Waals surface area contributed by atoms with Crippen molar-refractivity contribution in [3.63, 3.8) is 0 Å². The fourth-order valence-corrected chi connectivity index (χ4v) is 4.11. The molecular weight excluding hydrogens is 387 g/mol. The van der Waals surface area contributed by atoms with Crippen molar-refractivity contribution in [2.75, 3.05) is 9.96 Å². The van der Waals surface area contributed by atoms with E-state index in [4.69, 9.17) is 4.84 Å². The van der Waals surface area contributed by atoms with E-state index in [0.29, 0.717) is 11.3 Å². The number of carbonyl (C=O) groups is 2. The number of amides is 2. The highest BCUT2D eigenvalue weighted by atomic mass is 19.1. The largest absolute Gasteiger partial charge is 0.508 e. The van der Waals surface area contributed by atoms with Crippen molar-refractivity contribution in [1.82, 2.24) is 0 Å². The Balaban J connectivity index is 1.60. The summed E-state index contributed by atoms with van der Waals surface area (Å²) >= 11 is 0. The van der Waals surface area contributed by atoms with Crippen LogP contribution in [0.15, 0.2) is 78.9 Å². The highest BCUT2D eigenvalue weighted by Crippen LogP contribution is 2.49. The first-order valence-electron chi connectivity index (χ1n) is 9.48. The Morgan fingerprint density at radius 2 is 1.47 bits per heavy atom. The molecule has 2 heterocycles. The van der Waals surface area contributed by atoms with Crippen molar-refractivity contribution in [2.24, 2.45) is 5.92 Å². The van der Waals surface area contributed by atoms with Gasteiger partial charge in [0.25, 0.3) is 5.91 Å². The molecule has 2 aliphatic rings. The first-order chi connectivity index (χ1) is 14.6. The Morgan fingerprint density at radius 3 is 2.17 bits per heavy atom. The lowest BCUT2D eigenvalue weighted by Gasteiger charge is -2.29. The number of aromatic hydroxyl groups is 1. The number of imide groups is 1. The molecule has 3 aromatic rings. The van der Waals surface area contributed by atoms with Gasteiger partial charge >= 0.3 is 0 Å². The summed E-state index contributed by atoms with van der Waals surface area (Å²) in [5.41, 5.74) is 1.43. The van der Waals surface area contributed by atoms with Crippen LogP contribution in [0.2, 0.25) is 0 Å². The topological polar surface area (TPSA) is 70.1 Å². The lowest BCUT2D eigenvalue weighted by Crippen LogP contribution is -2.37. The van der Waals surface area contributed by atoms with Gasteiger partial charge in [-0.25, -0.2) is 14.4 Å². The van der Waals surface area contributed by atoms with Crippen LogP contribution in [0.5, 0.6) is 5.75 Å². The number of hydrogen-bond acceptors (Lipinski definition) is 5. The number of para-hydroxylation sites is 2. The first kappa shape index (κ1) is 18.3. The molecule has 3 aromatic carbocycles. The summed E-state index contributed by atoms with van der Waals surface area (Å²) in [5.74, 6) is -2.29. The molecule has 0 saturated carbocycles. The van der Waals surface area contributed by atoms with Crippen molar-refractivity contribution in [2.45, 2.75) is 12.1 Å². The molecule has 6 nitrogen and oxygen atoms in total. The van der Waals surface area contributed by atoms with Gasteiger partial charge < -0.3 is 5.11 Å². The Hall–Kier alpha value is -3.71. The summed E-state index contributed by atoms with van der Waals surface area (Å²) in [5, 5.41) is 12.0. The van der Waals surface area contributed by atoms with Crippen LogP contribution >= 0.6 is 0 Å². The van der Waals surface area contributed by atoms with Gasteiger partial charge in [0.1, 0.15) is 17.5 Å². The second kappa shape index (κ2) is 6.96. The van der Waals surface area contributed by atoms with Crippen LogP contribution < -0.4 is 9.96 Å². The third-order valence-electron chi connectivity index (χ3n) is 5.47. The number of fused-ring (bicyclic) bond motifs is 1. The van der Waals surface area contributed by atoms with E-state index in [-0.39, 0.29) is 11.4 Å². The first-order valence-corrected chi connectivity index (χ1v) is 9.48. The number of phenolic OH excluding ortho intramolecular Hbond substituents is 1. The van der Waals surface area contributed by atoms with E-state index in [9.17, 15) is 19.1 Å². The van der Waals surface area contributed by atoms with Crippen LogP contribution in [0.4, 0.5) is 15.8 Å². The molecule has 3 atom stereocenters. The summed E-state index contributed by atoms with van der Waals surface area (Å²) in [7, 11) is 0. The van der Waals surface area contributed by atoms with Gasteiger partial charge in [0.05, 0.1) is 17.4 Å². The fourth-order valence-electron chi connectivity index (χ4n) is 4.11. The second-order valence-electron chi connectivity index (χ2n) is 7.21. The number of halogens is 1. The highest BCUT2D eigenvalue weighted by Gasteiger charge is 2.60. The quantitative estimate of drug-likeness (QED) is 0.676. The van der Waals surface area contributed by atoms with Gasteiger partial charge in [0.2, 0.25) is 5.91 Å². The average molecular weight is 404 g/mol. The van der Waals surface area contributed by atoms with E-state index in [2.05, 4.69) is 0 Å². The maximum Gasteiger partial charge on any atom is 0.266 e. The van der Waals surface area contributed by atoms with Crippen LogP contribution in [0.25, 0.3) is 0 Å². The normalized spacial score (nSPS) is 23.2. The van der Waals surface area contributed by atoms with Gasteiger partial charge in [0, 0.05) is 5.56 Å². The predicted molar refractivity (Wildman–Crippen MR) is 107 cm³/mol. The van der Waals surface area contributed by atoms with Gasteiger partial charge in [-0.1, -0.05) is 36.4 Å². The molecule has 5 rings (SSSR count). The van der Waals surface area contributed by atoms with E-state index in [0.717, 1.165) is 4.90 Å². The van der Waals surface area contributed by atoms with Crippen LogP contribution in [0, 0.1) is 11.7 Å². The highest BCUT2D eigenvalue weighted by molar-refractivity contribution is 6.23. The fraction of sp³-hybridized carbons (Fsp3) is 0.130. The third kappa shape index (κ3) is 2.74. The maximum absolute atomic E-state index is 13.4. The van der Waals surface area contributed by atoms with Crippen molar-refractivity contribution in [3.05, 3.63) is 90.2 Å². The molecule has 150 valence electrons. The van der Waals surface area contributed by atoms with Gasteiger partial charge in [0.15, 0.2) is 6.10 Å². The number of nitrogens with zero attached hydrogens (tertiary/aromatic N) is 2. The molecule has 30 heavy (non-hydrogen) atoms. The molecule has 0 aliphatic carbocycles. The minimum absolute atomic E-state index is 0.00756. The van der Waals surface area contributed by atoms with Crippen molar-refractivity contribution < 1.29 is 23.9 Å². The summed E-state index contributed by atoms with van der Waals surface area (Å²) in [4.78, 5) is 33.5. The lowest BCUT2D eigenvalue weighted by molar-refractivity contribution is -0.126. The Kier molecular flexibility index (Phi) is 4.25. The maximum atomic E-state index is 13.4. The molecule has 0 aromatic heterocycles. The number of hydrogen-bond donors (Lipinski definition) is 1. The second-order valence-corrected chi connectivity index (χ2v) is 7.21. The van der Waals surface area contributed by atoms with Crippen LogP contribution in [-0.2, 0) is 14.4 Å². The van der Waals surface area contributed by atoms with Gasteiger partial charge in [-0.2, -0.15) is 0 Å². The summed E-state index contributed by atoms with van der Waals surface area (Å²) in [6.45, 7) is 0. The molecule has 7 heteroatoms. The van der Waals surface area contributed by atoms with E-state index in [1.165, 1.54) is 35.4 Å². The summed E-state index contributed by atoms with van der Waals surface area (Å²) < 4.78 is 13.3. The van der Waals surface area contributed by atoms with E-state index in [1.807, 2.05) is 18.2 Å². The zero-order valence-electron chi connectivity index (χ0n) is 15.7. The summed E-state index contributed by atoms with van der Waals surface area (Å²) in [6, 6.07) is 20.2. The molecule has 1 N–H and O–H groups in total. The van der Waals surface area contributed by atoms with Crippen LogP contribution in [-0.4, -0.2) is 23.0 Å². The van der Waals surface area contributed by atoms with Crippen molar-refractivity contribution >= 4 is 23.2 Å². The number of phenols is 1. The average Bonchev–Trinajstić information content (AvgIpc) is 3.26. The standard InChI is InChI=1S/C23H17FN2O4/c24-14-10-12-15(13-11-14)25-22(28)19-20(17-8-4-5-9-18(17)27)26(30-21(19)23(25)29)16-6-2-1-3-7-16/h1-13,19-21,27H/t19-,20+,21-/m1/s1. The Labute approximate surface area is 171 Å². The Bertz CT molecular complexity index is 1120. The van der Waals surface area contributed by atoms with Crippen molar-refractivity contribution in [3.8, 4) is 5.75 Å². The number of carbonyl (C=O) groups excluding carboxylic acids is 2. The minimum Gasteiger partial charge on any atom is -0.508 e. The molecule has 2 saturated heterocycles. The van der Waals surface area contributed by atoms with Gasteiger partial charge in [-0.3, -0.25) is 14.4 Å². The number of benzene rings is 3. The Morgan fingerprint density at radius 1 is 0.800 bits per heavy atom. The zero-order valence-corrected chi connectivity index (χ0v) is 15.7. The van der Waals surface area contributed by atoms with Gasteiger partial charge in [-0.05, 0) is 42.5 Å². The molecule has 0 unspecified atom stereocenters.